The number of nitrogens with one attached hydrogen (secondary N) is 1. The molecule has 1 aromatic carbocycles. The predicted octanol–water partition coefficient (Wildman–Crippen LogP) is 2.76. The number of amides is 2. The van der Waals surface area contributed by atoms with Crippen LogP contribution in [0.2, 0.25) is 0 Å². The van der Waals surface area contributed by atoms with Gasteiger partial charge in [-0.05, 0) is 56.2 Å². The molecular formula is C18H23N5O. The van der Waals surface area contributed by atoms with E-state index in [0.717, 1.165) is 30.3 Å². The fourth-order valence-corrected chi connectivity index (χ4v) is 2.72. The molecule has 0 atom stereocenters. The Morgan fingerprint density at radius 3 is 2.33 bits per heavy atom. The first-order valence-corrected chi connectivity index (χ1v) is 8.21. The summed E-state index contributed by atoms with van der Waals surface area (Å²) < 4.78 is 0. The number of hydrogen-bond donors (Lipinski definition) is 1. The van der Waals surface area contributed by atoms with Gasteiger partial charge in [-0.3, -0.25) is 0 Å². The first-order valence-electron chi connectivity index (χ1n) is 8.21. The summed E-state index contributed by atoms with van der Waals surface area (Å²) in [6, 6.07) is 9.87. The van der Waals surface area contributed by atoms with Crippen molar-refractivity contribution >= 4 is 17.5 Å². The van der Waals surface area contributed by atoms with Gasteiger partial charge in [0.2, 0.25) is 0 Å². The Morgan fingerprint density at radius 2 is 1.71 bits per heavy atom. The maximum absolute atomic E-state index is 12.4. The first-order chi connectivity index (χ1) is 11.5. The standard InChI is InChI=1S/C18H23N5O/c1-13-4-6-16(12-14(13)2)19-18(24)23-10-8-22(9-11-23)17-7-5-15(3)20-21-17/h4-7,12H,8-11H2,1-3H3,(H,19,24). The minimum atomic E-state index is -0.0482. The molecule has 1 N–H and O–H groups in total. The Hall–Kier alpha value is -2.63. The fraction of sp³-hybridized carbons (Fsp3) is 0.389. The van der Waals surface area contributed by atoms with Gasteiger partial charge in [0.05, 0.1) is 5.69 Å². The molecule has 2 amide bonds. The van der Waals surface area contributed by atoms with Gasteiger partial charge in [0.25, 0.3) is 0 Å². The van der Waals surface area contributed by atoms with Crippen LogP contribution in [-0.2, 0) is 0 Å². The molecule has 1 fully saturated rings. The van der Waals surface area contributed by atoms with Crippen LogP contribution in [0, 0.1) is 20.8 Å². The summed E-state index contributed by atoms with van der Waals surface area (Å²) in [6.07, 6.45) is 0. The monoisotopic (exact) mass is 325 g/mol. The molecule has 0 aliphatic carbocycles. The Bertz CT molecular complexity index is 721. The van der Waals surface area contributed by atoms with Gasteiger partial charge in [0.15, 0.2) is 5.82 Å². The van der Waals surface area contributed by atoms with Crippen molar-refractivity contribution in [2.75, 3.05) is 36.4 Å². The maximum Gasteiger partial charge on any atom is 0.321 e. The molecule has 2 heterocycles. The second-order valence-electron chi connectivity index (χ2n) is 6.24. The van der Waals surface area contributed by atoms with Crippen molar-refractivity contribution in [3.8, 4) is 0 Å². The molecular weight excluding hydrogens is 302 g/mol. The Labute approximate surface area is 142 Å². The van der Waals surface area contributed by atoms with E-state index in [9.17, 15) is 4.79 Å². The number of piperazine rings is 1. The van der Waals surface area contributed by atoms with Crippen LogP contribution in [0.5, 0.6) is 0 Å². The van der Waals surface area contributed by atoms with E-state index in [2.05, 4.69) is 27.3 Å². The molecule has 0 unspecified atom stereocenters. The molecule has 3 rings (SSSR count). The number of rotatable bonds is 2. The van der Waals surface area contributed by atoms with Crippen molar-refractivity contribution in [3.63, 3.8) is 0 Å². The lowest BCUT2D eigenvalue weighted by atomic mass is 10.1. The van der Waals surface area contributed by atoms with E-state index in [4.69, 9.17) is 0 Å². The summed E-state index contributed by atoms with van der Waals surface area (Å²) in [5.74, 6) is 0.870. The lowest BCUT2D eigenvalue weighted by Gasteiger charge is -2.35. The van der Waals surface area contributed by atoms with Gasteiger partial charge in [-0.2, -0.15) is 5.10 Å². The second-order valence-corrected chi connectivity index (χ2v) is 6.24. The molecule has 0 saturated carbocycles. The summed E-state index contributed by atoms with van der Waals surface area (Å²) in [4.78, 5) is 16.4. The van der Waals surface area contributed by atoms with Gasteiger partial charge < -0.3 is 15.1 Å². The van der Waals surface area contributed by atoms with E-state index < -0.39 is 0 Å². The number of nitrogens with zero attached hydrogens (tertiary/aromatic N) is 4. The average Bonchev–Trinajstić information content (AvgIpc) is 2.59. The Kier molecular flexibility index (Phi) is 4.64. The minimum absolute atomic E-state index is 0.0482. The van der Waals surface area contributed by atoms with Gasteiger partial charge in [-0.1, -0.05) is 6.07 Å². The lowest BCUT2D eigenvalue weighted by Crippen LogP contribution is -2.50. The highest BCUT2D eigenvalue weighted by atomic mass is 16.2. The number of anilines is 2. The molecule has 6 heteroatoms. The van der Waals surface area contributed by atoms with Gasteiger partial charge >= 0.3 is 6.03 Å². The molecule has 1 aliphatic rings. The van der Waals surface area contributed by atoms with Crippen molar-refractivity contribution < 1.29 is 4.79 Å². The molecule has 6 nitrogen and oxygen atoms in total. The number of carbonyl (C=O) groups excluding carboxylic acids is 1. The van der Waals surface area contributed by atoms with Crippen molar-refractivity contribution in [3.05, 3.63) is 47.2 Å². The van der Waals surface area contributed by atoms with Crippen molar-refractivity contribution in [2.24, 2.45) is 0 Å². The van der Waals surface area contributed by atoms with Crippen LogP contribution in [0.25, 0.3) is 0 Å². The second kappa shape index (κ2) is 6.86. The zero-order valence-electron chi connectivity index (χ0n) is 14.4. The van der Waals surface area contributed by atoms with Crippen molar-refractivity contribution in [1.29, 1.82) is 0 Å². The molecule has 1 aromatic heterocycles. The number of carbonyl (C=O) groups is 1. The van der Waals surface area contributed by atoms with Gasteiger partial charge in [-0.25, -0.2) is 4.79 Å². The van der Waals surface area contributed by atoms with E-state index in [0.29, 0.717) is 13.1 Å². The third-order valence-corrected chi connectivity index (χ3v) is 4.43. The van der Waals surface area contributed by atoms with Crippen LogP contribution in [0.4, 0.5) is 16.3 Å². The van der Waals surface area contributed by atoms with Crippen LogP contribution < -0.4 is 10.2 Å². The normalized spacial score (nSPS) is 14.6. The SMILES string of the molecule is Cc1ccc(N2CCN(C(=O)Nc3ccc(C)c(C)c3)CC2)nn1. The Morgan fingerprint density at radius 1 is 0.958 bits per heavy atom. The van der Waals surface area contributed by atoms with E-state index in [-0.39, 0.29) is 6.03 Å². The number of urea groups is 1. The summed E-state index contributed by atoms with van der Waals surface area (Å²) in [5.41, 5.74) is 4.15. The smallest absolute Gasteiger partial charge is 0.321 e. The largest absolute Gasteiger partial charge is 0.352 e. The third-order valence-electron chi connectivity index (χ3n) is 4.43. The Balaban J connectivity index is 1.56. The van der Waals surface area contributed by atoms with Crippen LogP contribution in [0.15, 0.2) is 30.3 Å². The summed E-state index contributed by atoms with van der Waals surface area (Å²) in [6.45, 7) is 8.90. The number of hydrogen-bond acceptors (Lipinski definition) is 4. The summed E-state index contributed by atoms with van der Waals surface area (Å²) in [7, 11) is 0. The lowest BCUT2D eigenvalue weighted by molar-refractivity contribution is 0.208. The minimum Gasteiger partial charge on any atom is -0.352 e. The van der Waals surface area contributed by atoms with Crippen LogP contribution in [-0.4, -0.2) is 47.3 Å². The van der Waals surface area contributed by atoms with Crippen LogP contribution in [0.1, 0.15) is 16.8 Å². The molecule has 0 spiro atoms. The molecule has 126 valence electrons. The zero-order valence-corrected chi connectivity index (χ0v) is 14.4. The summed E-state index contributed by atoms with van der Waals surface area (Å²) in [5, 5.41) is 11.3. The average molecular weight is 325 g/mol. The highest BCUT2D eigenvalue weighted by Crippen LogP contribution is 2.16. The number of benzene rings is 1. The highest BCUT2D eigenvalue weighted by molar-refractivity contribution is 5.89. The molecule has 1 aliphatic heterocycles. The molecule has 1 saturated heterocycles. The van der Waals surface area contributed by atoms with Crippen molar-refractivity contribution in [2.45, 2.75) is 20.8 Å². The van der Waals surface area contributed by atoms with E-state index in [1.54, 1.807) is 0 Å². The van der Waals surface area contributed by atoms with Crippen molar-refractivity contribution in [1.82, 2.24) is 15.1 Å². The van der Waals surface area contributed by atoms with Gasteiger partial charge in [0, 0.05) is 31.9 Å². The predicted molar refractivity (Wildman–Crippen MR) is 95.5 cm³/mol. The fourth-order valence-electron chi connectivity index (χ4n) is 2.72. The quantitative estimate of drug-likeness (QED) is 0.922. The summed E-state index contributed by atoms with van der Waals surface area (Å²) >= 11 is 0. The van der Waals surface area contributed by atoms with Gasteiger partial charge in [0.1, 0.15) is 0 Å². The van der Waals surface area contributed by atoms with Gasteiger partial charge in [-0.15, -0.1) is 5.10 Å². The highest BCUT2D eigenvalue weighted by Gasteiger charge is 2.22. The molecule has 2 aromatic rings. The number of aromatic nitrogens is 2. The molecule has 0 radical (unpaired) electrons. The third kappa shape index (κ3) is 3.64. The molecule has 24 heavy (non-hydrogen) atoms. The van der Waals surface area contributed by atoms with E-state index >= 15 is 0 Å². The first kappa shape index (κ1) is 16.2. The zero-order chi connectivity index (χ0) is 17.1. The van der Waals surface area contributed by atoms with Crippen LogP contribution in [0.3, 0.4) is 0 Å². The number of aryl methyl sites for hydroxylation is 3. The van der Waals surface area contributed by atoms with E-state index in [1.165, 1.54) is 11.1 Å². The topological polar surface area (TPSA) is 61.4 Å². The van der Waals surface area contributed by atoms with Crippen LogP contribution >= 0.6 is 0 Å². The van der Waals surface area contributed by atoms with E-state index in [1.807, 2.05) is 49.1 Å². The molecule has 0 bridgehead atoms. The maximum atomic E-state index is 12.4.